The molecule has 3 aromatic carbocycles. The van der Waals surface area contributed by atoms with Gasteiger partial charge in [0.25, 0.3) is 0 Å². The van der Waals surface area contributed by atoms with E-state index in [0.29, 0.717) is 0 Å². The first-order valence-electron chi connectivity index (χ1n) is 9.15. The number of phenolic OH excluding ortho intramolecular Hbond substituents is 1. The van der Waals surface area contributed by atoms with E-state index in [4.69, 9.17) is 9.84 Å². The molecule has 0 fully saturated rings. The number of phenols is 1. The summed E-state index contributed by atoms with van der Waals surface area (Å²) in [6.07, 6.45) is 0.878. The first-order valence-corrected chi connectivity index (χ1v) is 9.15. The van der Waals surface area contributed by atoms with Crippen LogP contribution in [-0.4, -0.2) is 23.4 Å². The van der Waals surface area contributed by atoms with Gasteiger partial charge in [-0.15, -0.1) is 0 Å². The van der Waals surface area contributed by atoms with Crippen molar-refractivity contribution in [3.8, 4) is 11.5 Å². The van der Waals surface area contributed by atoms with Gasteiger partial charge >= 0.3 is 0 Å². The average molecular weight is 360 g/mol. The van der Waals surface area contributed by atoms with Crippen LogP contribution < -0.4 is 4.74 Å². The molecule has 138 valence electrons. The van der Waals surface area contributed by atoms with E-state index in [1.54, 1.807) is 12.1 Å². The van der Waals surface area contributed by atoms with Crippen LogP contribution in [0.3, 0.4) is 0 Å². The molecule has 0 spiro atoms. The fraction of sp³-hybridized carbons (Fsp3) is 0.167. The van der Waals surface area contributed by atoms with E-state index in [1.807, 2.05) is 54.6 Å². The Morgan fingerprint density at radius 1 is 0.778 bits per heavy atom. The molecule has 0 radical (unpaired) electrons. The number of allylic oxidation sites excluding steroid dienone is 1. The van der Waals surface area contributed by atoms with Crippen LogP contribution in [0.4, 0.5) is 0 Å². The summed E-state index contributed by atoms with van der Waals surface area (Å²) < 4.78 is 5.48. The Bertz CT molecular complexity index is 879. The lowest BCUT2D eigenvalue weighted by molar-refractivity contribution is 0.201. The first-order chi connectivity index (χ1) is 13.2. The second-order valence-electron chi connectivity index (χ2n) is 6.22. The summed E-state index contributed by atoms with van der Waals surface area (Å²) in [5.41, 5.74) is 5.70. The molecule has 0 unspecified atom stereocenters. The molecule has 0 aliphatic rings. The summed E-state index contributed by atoms with van der Waals surface area (Å²) in [6.45, 7) is 2.43. The van der Waals surface area contributed by atoms with E-state index >= 15 is 0 Å². The molecular weight excluding hydrogens is 336 g/mol. The Morgan fingerprint density at radius 2 is 1.37 bits per heavy atom. The van der Waals surface area contributed by atoms with E-state index in [1.165, 1.54) is 11.1 Å². The molecule has 3 rings (SSSR count). The van der Waals surface area contributed by atoms with Crippen LogP contribution in [-0.2, 0) is 0 Å². The Hall–Kier alpha value is -3.04. The standard InChI is InChI=1S/C24H24O3/c1-2-23(18-6-4-3-5-7-18)24(19-8-12-21(26)13-9-19)20-10-14-22(15-11-20)27-17-16-25/h3-15,25-26H,2,16-17H2,1H3/b24-23+. The molecule has 3 nitrogen and oxygen atoms in total. The number of rotatable bonds is 7. The van der Waals surface area contributed by atoms with Gasteiger partial charge in [0.1, 0.15) is 18.1 Å². The highest BCUT2D eigenvalue weighted by Gasteiger charge is 2.13. The summed E-state index contributed by atoms with van der Waals surface area (Å²) in [6, 6.07) is 25.6. The third kappa shape index (κ3) is 4.57. The summed E-state index contributed by atoms with van der Waals surface area (Å²) in [5, 5.41) is 18.6. The molecule has 0 heterocycles. The van der Waals surface area contributed by atoms with E-state index in [-0.39, 0.29) is 19.0 Å². The van der Waals surface area contributed by atoms with Gasteiger partial charge in [-0.3, -0.25) is 0 Å². The van der Waals surface area contributed by atoms with E-state index in [9.17, 15) is 5.11 Å². The molecule has 0 aromatic heterocycles. The van der Waals surface area contributed by atoms with Crippen molar-refractivity contribution in [1.82, 2.24) is 0 Å². The van der Waals surface area contributed by atoms with Gasteiger partial charge in [-0.2, -0.15) is 0 Å². The normalized spacial score (nSPS) is 11.8. The second kappa shape index (κ2) is 9.06. The Morgan fingerprint density at radius 3 is 1.93 bits per heavy atom. The van der Waals surface area contributed by atoms with E-state index in [0.717, 1.165) is 28.9 Å². The zero-order valence-electron chi connectivity index (χ0n) is 15.4. The lowest BCUT2D eigenvalue weighted by atomic mass is 9.88. The fourth-order valence-corrected chi connectivity index (χ4v) is 3.19. The molecule has 0 bridgehead atoms. The molecule has 3 heteroatoms. The summed E-state index contributed by atoms with van der Waals surface area (Å²) in [5.74, 6) is 0.985. The smallest absolute Gasteiger partial charge is 0.119 e. The van der Waals surface area contributed by atoms with Gasteiger partial charge in [-0.1, -0.05) is 61.5 Å². The molecule has 27 heavy (non-hydrogen) atoms. The van der Waals surface area contributed by atoms with Crippen LogP contribution in [0.2, 0.25) is 0 Å². The predicted molar refractivity (Wildman–Crippen MR) is 110 cm³/mol. The molecule has 0 saturated heterocycles. The number of ether oxygens (including phenoxy) is 1. The lowest BCUT2D eigenvalue weighted by Gasteiger charge is -2.17. The molecule has 0 amide bonds. The third-order valence-corrected chi connectivity index (χ3v) is 4.44. The number of hydrogen-bond acceptors (Lipinski definition) is 3. The van der Waals surface area contributed by atoms with Crippen molar-refractivity contribution in [1.29, 1.82) is 0 Å². The monoisotopic (exact) mass is 360 g/mol. The van der Waals surface area contributed by atoms with Crippen LogP contribution in [0.1, 0.15) is 30.0 Å². The van der Waals surface area contributed by atoms with Crippen LogP contribution in [0.15, 0.2) is 78.9 Å². The highest BCUT2D eigenvalue weighted by atomic mass is 16.5. The van der Waals surface area contributed by atoms with Crippen molar-refractivity contribution in [2.24, 2.45) is 0 Å². The van der Waals surface area contributed by atoms with Gasteiger partial charge in [0, 0.05) is 0 Å². The Balaban J connectivity index is 2.13. The highest BCUT2D eigenvalue weighted by molar-refractivity contribution is 5.98. The summed E-state index contributed by atoms with van der Waals surface area (Å²) in [4.78, 5) is 0. The molecule has 0 atom stereocenters. The lowest BCUT2D eigenvalue weighted by Crippen LogP contribution is -2.01. The Kier molecular flexibility index (Phi) is 6.29. The maximum Gasteiger partial charge on any atom is 0.119 e. The van der Waals surface area contributed by atoms with Crippen molar-refractivity contribution in [3.63, 3.8) is 0 Å². The van der Waals surface area contributed by atoms with Crippen LogP contribution >= 0.6 is 0 Å². The SMILES string of the molecule is CC/C(=C(/c1ccc(O)cc1)c1ccc(OCCO)cc1)c1ccccc1. The Labute approximate surface area is 160 Å². The number of aliphatic hydroxyl groups is 1. The molecule has 0 saturated carbocycles. The minimum absolute atomic E-state index is 0.00555. The van der Waals surface area contributed by atoms with Crippen molar-refractivity contribution < 1.29 is 14.9 Å². The van der Waals surface area contributed by atoms with Gasteiger partial charge in [0.15, 0.2) is 0 Å². The maximum atomic E-state index is 9.69. The zero-order valence-corrected chi connectivity index (χ0v) is 15.4. The van der Waals surface area contributed by atoms with Gasteiger partial charge < -0.3 is 14.9 Å². The maximum absolute atomic E-state index is 9.69. The van der Waals surface area contributed by atoms with Crippen molar-refractivity contribution in [3.05, 3.63) is 95.6 Å². The number of hydrogen-bond donors (Lipinski definition) is 2. The minimum Gasteiger partial charge on any atom is -0.508 e. The molecule has 2 N–H and O–H groups in total. The predicted octanol–water partition coefficient (Wildman–Crippen LogP) is 5.13. The van der Waals surface area contributed by atoms with Crippen molar-refractivity contribution >= 4 is 11.1 Å². The molecule has 3 aromatic rings. The molecule has 0 aliphatic carbocycles. The number of aliphatic hydroxyl groups excluding tert-OH is 1. The topological polar surface area (TPSA) is 49.7 Å². The van der Waals surface area contributed by atoms with Gasteiger partial charge in [0.2, 0.25) is 0 Å². The van der Waals surface area contributed by atoms with Gasteiger partial charge in [-0.25, -0.2) is 0 Å². The van der Waals surface area contributed by atoms with Crippen LogP contribution in [0, 0.1) is 0 Å². The average Bonchev–Trinajstić information content (AvgIpc) is 2.72. The molecular formula is C24H24O3. The summed E-state index contributed by atoms with van der Waals surface area (Å²) in [7, 11) is 0. The van der Waals surface area contributed by atoms with Crippen LogP contribution in [0.5, 0.6) is 11.5 Å². The fourth-order valence-electron chi connectivity index (χ4n) is 3.19. The largest absolute Gasteiger partial charge is 0.508 e. The van der Waals surface area contributed by atoms with E-state index < -0.39 is 0 Å². The minimum atomic E-state index is -0.00555. The first kappa shape index (κ1) is 18.7. The number of aromatic hydroxyl groups is 1. The second-order valence-corrected chi connectivity index (χ2v) is 6.22. The van der Waals surface area contributed by atoms with Gasteiger partial charge in [-0.05, 0) is 58.5 Å². The quantitative estimate of drug-likeness (QED) is 0.574. The molecule has 0 aliphatic heterocycles. The summed E-state index contributed by atoms with van der Waals surface area (Å²) >= 11 is 0. The van der Waals surface area contributed by atoms with E-state index in [2.05, 4.69) is 19.1 Å². The van der Waals surface area contributed by atoms with Crippen molar-refractivity contribution in [2.75, 3.05) is 13.2 Å². The zero-order chi connectivity index (χ0) is 19.1. The third-order valence-electron chi connectivity index (χ3n) is 4.44. The number of benzene rings is 3. The van der Waals surface area contributed by atoms with Crippen LogP contribution in [0.25, 0.3) is 11.1 Å². The highest BCUT2D eigenvalue weighted by Crippen LogP contribution is 2.35. The van der Waals surface area contributed by atoms with Gasteiger partial charge in [0.05, 0.1) is 6.61 Å². The van der Waals surface area contributed by atoms with Crippen molar-refractivity contribution in [2.45, 2.75) is 13.3 Å².